The lowest BCUT2D eigenvalue weighted by Crippen LogP contribution is -2.50. The zero-order valence-corrected chi connectivity index (χ0v) is 17.2. The Morgan fingerprint density at radius 3 is 2.69 bits per heavy atom. The molecule has 0 atom stereocenters. The molecule has 3 N–H and O–H groups in total. The van der Waals surface area contributed by atoms with Gasteiger partial charge in [0.25, 0.3) is 0 Å². The smallest absolute Gasteiger partial charge is 0.220 e. The van der Waals surface area contributed by atoms with Gasteiger partial charge in [-0.15, -0.1) is 0 Å². The Bertz CT molecular complexity index is 1110. The summed E-state index contributed by atoms with van der Waals surface area (Å²) in [7, 11) is 0. The Balaban J connectivity index is 1.82. The highest BCUT2D eigenvalue weighted by Crippen LogP contribution is 2.35. The molecule has 0 aromatic carbocycles. The molecule has 3 aromatic heterocycles. The van der Waals surface area contributed by atoms with E-state index < -0.39 is 5.60 Å². The van der Waals surface area contributed by atoms with Crippen LogP contribution in [-0.4, -0.2) is 54.3 Å². The molecule has 0 spiro atoms. The number of aromatic nitrogens is 4. The van der Waals surface area contributed by atoms with Gasteiger partial charge in [-0.2, -0.15) is 0 Å². The van der Waals surface area contributed by atoms with E-state index in [1.54, 1.807) is 20.0 Å². The number of hydrogen-bond donors (Lipinski definition) is 2. The number of likely N-dealkylation sites (tertiary alicyclic amines) is 1. The minimum Gasteiger partial charge on any atom is -0.378 e. The van der Waals surface area contributed by atoms with E-state index in [1.807, 2.05) is 18.3 Å². The predicted molar refractivity (Wildman–Crippen MR) is 114 cm³/mol. The van der Waals surface area contributed by atoms with Crippen LogP contribution in [0.1, 0.15) is 39.4 Å². The SMILES string of the molecule is CC(C)N1CC(n2cc(-c3ccnc(N)n3)c3cc(C#CC(C)(C)O)ncc32)C1. The second-order valence-electron chi connectivity index (χ2n) is 8.35. The molecule has 7 nitrogen and oxygen atoms in total. The number of hydrogen-bond acceptors (Lipinski definition) is 6. The molecule has 0 bridgehead atoms. The molecule has 4 rings (SSSR count). The van der Waals surface area contributed by atoms with E-state index in [4.69, 9.17) is 5.73 Å². The Morgan fingerprint density at radius 1 is 1.28 bits per heavy atom. The fraction of sp³-hybridized carbons (Fsp3) is 0.409. The molecular formula is C22H26N6O. The van der Waals surface area contributed by atoms with Gasteiger partial charge in [0.15, 0.2) is 0 Å². The van der Waals surface area contributed by atoms with E-state index in [0.29, 0.717) is 17.8 Å². The number of nitrogens with two attached hydrogens (primary N) is 1. The zero-order chi connectivity index (χ0) is 20.8. The summed E-state index contributed by atoms with van der Waals surface area (Å²) in [5.41, 5.74) is 8.15. The lowest BCUT2D eigenvalue weighted by atomic mass is 10.1. The lowest BCUT2D eigenvalue weighted by Gasteiger charge is -2.43. The van der Waals surface area contributed by atoms with Crippen LogP contribution in [0.5, 0.6) is 0 Å². The van der Waals surface area contributed by atoms with Crippen molar-refractivity contribution in [1.29, 1.82) is 0 Å². The van der Waals surface area contributed by atoms with Crippen LogP contribution < -0.4 is 5.73 Å². The number of rotatable bonds is 3. The minimum absolute atomic E-state index is 0.245. The first-order valence-corrected chi connectivity index (χ1v) is 9.80. The van der Waals surface area contributed by atoms with Crippen LogP contribution >= 0.6 is 0 Å². The van der Waals surface area contributed by atoms with Gasteiger partial charge in [-0.3, -0.25) is 4.90 Å². The number of nitrogens with zero attached hydrogens (tertiary/aromatic N) is 5. The van der Waals surface area contributed by atoms with Crippen molar-refractivity contribution in [2.45, 2.75) is 45.4 Å². The van der Waals surface area contributed by atoms with E-state index in [9.17, 15) is 5.11 Å². The topological polar surface area (TPSA) is 93.1 Å². The third-order valence-electron chi connectivity index (χ3n) is 5.18. The third kappa shape index (κ3) is 3.95. The summed E-state index contributed by atoms with van der Waals surface area (Å²) >= 11 is 0. The predicted octanol–water partition coefficient (Wildman–Crippen LogP) is 2.46. The Hall–Kier alpha value is -2.95. The fourth-order valence-electron chi connectivity index (χ4n) is 3.55. The molecule has 4 heterocycles. The van der Waals surface area contributed by atoms with Gasteiger partial charge in [-0.05, 0) is 45.7 Å². The Labute approximate surface area is 170 Å². The van der Waals surface area contributed by atoms with Gasteiger partial charge >= 0.3 is 0 Å². The molecular weight excluding hydrogens is 364 g/mol. The van der Waals surface area contributed by atoms with Gasteiger partial charge in [-0.25, -0.2) is 15.0 Å². The third-order valence-corrected chi connectivity index (χ3v) is 5.18. The molecule has 0 unspecified atom stereocenters. The van der Waals surface area contributed by atoms with E-state index in [1.165, 1.54) is 0 Å². The zero-order valence-electron chi connectivity index (χ0n) is 17.2. The summed E-state index contributed by atoms with van der Waals surface area (Å²) in [4.78, 5) is 15.4. The summed E-state index contributed by atoms with van der Waals surface area (Å²) in [6, 6.07) is 4.75. The van der Waals surface area contributed by atoms with Crippen molar-refractivity contribution in [1.82, 2.24) is 24.4 Å². The quantitative estimate of drug-likeness (QED) is 0.668. The molecule has 29 heavy (non-hydrogen) atoms. The minimum atomic E-state index is -1.07. The van der Waals surface area contributed by atoms with Crippen LogP contribution in [0.25, 0.3) is 22.2 Å². The van der Waals surface area contributed by atoms with Crippen molar-refractivity contribution in [2.24, 2.45) is 0 Å². The molecule has 0 saturated carbocycles. The monoisotopic (exact) mass is 390 g/mol. The maximum atomic E-state index is 9.90. The standard InChI is InChI=1S/C22H26N6O/c1-14(2)27-11-16(12-27)28-13-18(19-6-8-24-21(23)26-19)17-9-15(25-10-20(17)28)5-7-22(3,4)29/h6,8-10,13-14,16,29H,11-12H2,1-4H3,(H2,23,24,26). The highest BCUT2D eigenvalue weighted by molar-refractivity contribution is 5.95. The molecule has 7 heteroatoms. The Morgan fingerprint density at radius 2 is 2.03 bits per heavy atom. The maximum absolute atomic E-state index is 9.90. The van der Waals surface area contributed by atoms with Crippen LogP contribution in [0.2, 0.25) is 0 Å². The number of anilines is 1. The van der Waals surface area contributed by atoms with Crippen LogP contribution in [-0.2, 0) is 0 Å². The summed E-state index contributed by atoms with van der Waals surface area (Å²) in [6.45, 7) is 9.75. The van der Waals surface area contributed by atoms with Crippen molar-refractivity contribution >= 4 is 16.9 Å². The first kappa shape index (κ1) is 19.4. The van der Waals surface area contributed by atoms with Crippen LogP contribution in [0.4, 0.5) is 5.95 Å². The van der Waals surface area contributed by atoms with Crippen LogP contribution in [0.15, 0.2) is 30.7 Å². The van der Waals surface area contributed by atoms with Crippen molar-refractivity contribution in [2.75, 3.05) is 18.8 Å². The number of aliphatic hydroxyl groups is 1. The van der Waals surface area contributed by atoms with Crippen LogP contribution in [0, 0.1) is 11.8 Å². The lowest BCUT2D eigenvalue weighted by molar-refractivity contribution is 0.0767. The highest BCUT2D eigenvalue weighted by Gasteiger charge is 2.31. The van der Waals surface area contributed by atoms with Gasteiger partial charge in [0.05, 0.1) is 23.4 Å². The van der Waals surface area contributed by atoms with E-state index >= 15 is 0 Å². The summed E-state index contributed by atoms with van der Waals surface area (Å²) in [5, 5.41) is 10.9. The maximum Gasteiger partial charge on any atom is 0.220 e. The molecule has 150 valence electrons. The van der Waals surface area contributed by atoms with Gasteiger partial charge in [0.1, 0.15) is 11.3 Å². The normalized spacial score (nSPS) is 15.4. The average molecular weight is 390 g/mol. The van der Waals surface area contributed by atoms with Gasteiger partial charge < -0.3 is 15.4 Å². The first-order valence-electron chi connectivity index (χ1n) is 9.80. The number of fused-ring (bicyclic) bond motifs is 1. The van der Waals surface area contributed by atoms with Crippen molar-refractivity contribution in [3.63, 3.8) is 0 Å². The number of nitrogen functional groups attached to an aromatic ring is 1. The first-order chi connectivity index (χ1) is 13.7. The second-order valence-corrected chi connectivity index (χ2v) is 8.35. The molecule has 0 aliphatic carbocycles. The van der Waals surface area contributed by atoms with Crippen molar-refractivity contribution in [3.8, 4) is 23.1 Å². The fourth-order valence-corrected chi connectivity index (χ4v) is 3.55. The van der Waals surface area contributed by atoms with E-state index in [-0.39, 0.29) is 5.95 Å². The van der Waals surface area contributed by atoms with Gasteiger partial charge in [-0.1, -0.05) is 5.92 Å². The molecule has 1 saturated heterocycles. The molecule has 0 amide bonds. The molecule has 3 aromatic rings. The summed E-state index contributed by atoms with van der Waals surface area (Å²) in [6.07, 6.45) is 5.65. The summed E-state index contributed by atoms with van der Waals surface area (Å²) < 4.78 is 2.28. The van der Waals surface area contributed by atoms with Crippen molar-refractivity contribution in [3.05, 3.63) is 36.4 Å². The van der Waals surface area contributed by atoms with Crippen molar-refractivity contribution < 1.29 is 5.11 Å². The van der Waals surface area contributed by atoms with Gasteiger partial charge in [0, 0.05) is 42.5 Å². The molecule has 1 fully saturated rings. The average Bonchev–Trinajstić information content (AvgIpc) is 2.96. The van der Waals surface area contributed by atoms with E-state index in [2.05, 4.69) is 56.3 Å². The second kappa shape index (κ2) is 7.14. The Kier molecular flexibility index (Phi) is 4.77. The number of pyridine rings is 1. The van der Waals surface area contributed by atoms with Crippen LogP contribution in [0.3, 0.4) is 0 Å². The largest absolute Gasteiger partial charge is 0.378 e. The molecule has 1 aliphatic rings. The summed E-state index contributed by atoms with van der Waals surface area (Å²) in [5.74, 6) is 6.04. The highest BCUT2D eigenvalue weighted by atomic mass is 16.3. The van der Waals surface area contributed by atoms with E-state index in [0.717, 1.165) is 35.2 Å². The molecule has 0 radical (unpaired) electrons. The van der Waals surface area contributed by atoms with Gasteiger partial charge in [0.2, 0.25) is 5.95 Å². The molecule has 1 aliphatic heterocycles.